The van der Waals surface area contributed by atoms with Crippen molar-refractivity contribution in [2.45, 2.75) is 32.9 Å². The van der Waals surface area contributed by atoms with E-state index in [9.17, 15) is 9.59 Å². The molecule has 0 spiro atoms. The van der Waals surface area contributed by atoms with E-state index in [2.05, 4.69) is 10.3 Å². The number of urea groups is 1. The number of hydrogen-bond acceptors (Lipinski definition) is 3. The zero-order valence-electron chi connectivity index (χ0n) is 16.7. The molecule has 1 N–H and O–H groups in total. The number of benzene rings is 1. The van der Waals surface area contributed by atoms with Gasteiger partial charge in [-0.25, -0.2) is 4.79 Å². The lowest BCUT2D eigenvalue weighted by Gasteiger charge is -2.25. The fourth-order valence-corrected chi connectivity index (χ4v) is 2.67. The number of likely N-dealkylation sites (N-methyl/N-ethyl adjacent to an activating group) is 1. The molecule has 0 aliphatic rings. The van der Waals surface area contributed by atoms with Crippen LogP contribution in [0.25, 0.3) is 0 Å². The van der Waals surface area contributed by atoms with E-state index in [1.807, 2.05) is 38.1 Å². The highest BCUT2D eigenvalue weighted by atomic mass is 16.2. The van der Waals surface area contributed by atoms with E-state index in [1.165, 1.54) is 4.90 Å². The first-order chi connectivity index (χ1) is 12.8. The number of carbonyl (C=O) groups excluding carboxylic acids is 2. The molecule has 27 heavy (non-hydrogen) atoms. The van der Waals surface area contributed by atoms with Gasteiger partial charge in [-0.1, -0.05) is 18.2 Å². The predicted octanol–water partition coefficient (Wildman–Crippen LogP) is 2.86. The average molecular weight is 368 g/mol. The minimum absolute atomic E-state index is 0.0266. The molecule has 1 unspecified atom stereocenters. The van der Waals surface area contributed by atoms with Crippen LogP contribution in [-0.4, -0.2) is 53.9 Å². The first kappa shape index (κ1) is 20.4. The van der Waals surface area contributed by atoms with Gasteiger partial charge in [0.25, 0.3) is 5.91 Å². The highest BCUT2D eigenvalue weighted by Gasteiger charge is 2.17. The van der Waals surface area contributed by atoms with E-state index in [0.717, 1.165) is 16.8 Å². The maximum absolute atomic E-state index is 12.4. The fraction of sp³-hybridized carbons (Fsp3) is 0.381. The van der Waals surface area contributed by atoms with Gasteiger partial charge in [0.1, 0.15) is 0 Å². The summed E-state index contributed by atoms with van der Waals surface area (Å²) in [5.41, 5.74) is 3.71. The summed E-state index contributed by atoms with van der Waals surface area (Å²) in [6.07, 6.45) is 2.48. The molecule has 3 amide bonds. The van der Waals surface area contributed by atoms with Gasteiger partial charge in [-0.3, -0.25) is 9.78 Å². The quantitative estimate of drug-likeness (QED) is 0.853. The summed E-state index contributed by atoms with van der Waals surface area (Å²) in [6, 6.07) is 11.1. The van der Waals surface area contributed by atoms with Crippen molar-refractivity contribution in [2.75, 3.05) is 21.1 Å². The van der Waals surface area contributed by atoms with Crippen LogP contribution in [0.4, 0.5) is 4.79 Å². The summed E-state index contributed by atoms with van der Waals surface area (Å²) in [5.74, 6) is -0.0380. The Labute approximate surface area is 161 Å². The maximum atomic E-state index is 12.4. The van der Waals surface area contributed by atoms with E-state index in [4.69, 9.17) is 0 Å². The van der Waals surface area contributed by atoms with Crippen LogP contribution in [0.3, 0.4) is 0 Å². The van der Waals surface area contributed by atoms with Crippen molar-refractivity contribution in [2.24, 2.45) is 0 Å². The smallest absolute Gasteiger partial charge is 0.317 e. The first-order valence-corrected chi connectivity index (χ1v) is 9.01. The second-order valence-corrected chi connectivity index (χ2v) is 6.99. The molecule has 1 atom stereocenters. The van der Waals surface area contributed by atoms with Gasteiger partial charge in [-0.2, -0.15) is 0 Å². The van der Waals surface area contributed by atoms with E-state index < -0.39 is 0 Å². The molecule has 0 fully saturated rings. The van der Waals surface area contributed by atoms with E-state index in [0.29, 0.717) is 18.5 Å². The number of nitrogens with one attached hydrogen (secondary N) is 1. The number of pyridine rings is 1. The molecule has 0 aliphatic carbocycles. The monoisotopic (exact) mass is 368 g/mol. The fourth-order valence-electron chi connectivity index (χ4n) is 2.67. The third-order valence-corrected chi connectivity index (χ3v) is 4.64. The predicted molar refractivity (Wildman–Crippen MR) is 107 cm³/mol. The Hall–Kier alpha value is -2.89. The first-order valence-electron chi connectivity index (χ1n) is 9.01. The standard InChI is InChI=1S/C21H28N4O2/c1-15-7-6-12-22-19(15)13-16(2)25(5)21(27)23-14-17-8-10-18(11-9-17)20(26)24(3)4/h6-12,16H,13-14H2,1-5H3,(H,23,27). The maximum Gasteiger partial charge on any atom is 0.317 e. The molecule has 1 aromatic heterocycles. The molecule has 0 saturated heterocycles. The van der Waals surface area contributed by atoms with Crippen molar-refractivity contribution in [1.29, 1.82) is 0 Å². The topological polar surface area (TPSA) is 65.5 Å². The third kappa shape index (κ3) is 5.54. The van der Waals surface area contributed by atoms with Gasteiger partial charge >= 0.3 is 6.03 Å². The Morgan fingerprint density at radius 2 is 1.78 bits per heavy atom. The van der Waals surface area contributed by atoms with Gasteiger partial charge in [-0.15, -0.1) is 0 Å². The second kappa shape index (κ2) is 9.16. The van der Waals surface area contributed by atoms with E-state index in [1.54, 1.807) is 44.4 Å². The minimum Gasteiger partial charge on any atom is -0.345 e. The van der Waals surface area contributed by atoms with Gasteiger partial charge in [0.05, 0.1) is 0 Å². The zero-order valence-corrected chi connectivity index (χ0v) is 16.7. The van der Waals surface area contributed by atoms with Crippen LogP contribution in [-0.2, 0) is 13.0 Å². The lowest BCUT2D eigenvalue weighted by atomic mass is 10.1. The van der Waals surface area contributed by atoms with Crippen molar-refractivity contribution in [1.82, 2.24) is 20.1 Å². The normalized spacial score (nSPS) is 11.6. The minimum atomic E-state index is -0.135. The van der Waals surface area contributed by atoms with Crippen LogP contribution in [0.5, 0.6) is 0 Å². The number of nitrogens with zero attached hydrogens (tertiary/aromatic N) is 3. The summed E-state index contributed by atoms with van der Waals surface area (Å²) in [7, 11) is 5.23. The van der Waals surface area contributed by atoms with Crippen LogP contribution in [0.15, 0.2) is 42.6 Å². The molecule has 2 aromatic rings. The largest absolute Gasteiger partial charge is 0.345 e. The van der Waals surface area contributed by atoms with Gasteiger partial charge in [0.15, 0.2) is 0 Å². The molecule has 6 nitrogen and oxygen atoms in total. The SMILES string of the molecule is Cc1cccnc1CC(C)N(C)C(=O)NCc1ccc(C(=O)N(C)C)cc1. The van der Waals surface area contributed by atoms with Crippen molar-refractivity contribution >= 4 is 11.9 Å². The van der Waals surface area contributed by atoms with Crippen LogP contribution >= 0.6 is 0 Å². The molecule has 0 saturated carbocycles. The molecular weight excluding hydrogens is 340 g/mol. The second-order valence-electron chi connectivity index (χ2n) is 6.99. The molecule has 1 aromatic carbocycles. The molecule has 2 rings (SSSR count). The van der Waals surface area contributed by atoms with Crippen molar-refractivity contribution in [3.8, 4) is 0 Å². The number of amides is 3. The van der Waals surface area contributed by atoms with Crippen LogP contribution in [0.1, 0.15) is 34.1 Å². The van der Waals surface area contributed by atoms with E-state index in [-0.39, 0.29) is 18.0 Å². The third-order valence-electron chi connectivity index (χ3n) is 4.64. The van der Waals surface area contributed by atoms with Crippen LogP contribution < -0.4 is 5.32 Å². The summed E-state index contributed by atoms with van der Waals surface area (Å²) in [4.78, 5) is 32.0. The number of carbonyl (C=O) groups is 2. The van der Waals surface area contributed by atoms with Gasteiger partial charge in [-0.05, 0) is 43.2 Å². The van der Waals surface area contributed by atoms with Crippen molar-refractivity contribution in [3.63, 3.8) is 0 Å². The number of rotatable bonds is 6. The Morgan fingerprint density at radius 3 is 2.37 bits per heavy atom. The number of hydrogen-bond donors (Lipinski definition) is 1. The lowest BCUT2D eigenvalue weighted by molar-refractivity contribution is 0.0827. The Kier molecular flexibility index (Phi) is 6.93. The van der Waals surface area contributed by atoms with Crippen LogP contribution in [0, 0.1) is 6.92 Å². The zero-order chi connectivity index (χ0) is 20.0. The molecule has 0 bridgehead atoms. The summed E-state index contributed by atoms with van der Waals surface area (Å²) in [5, 5.41) is 2.92. The van der Waals surface area contributed by atoms with E-state index >= 15 is 0 Å². The molecule has 6 heteroatoms. The van der Waals surface area contributed by atoms with Crippen molar-refractivity contribution < 1.29 is 9.59 Å². The Balaban J connectivity index is 1.89. The summed E-state index contributed by atoms with van der Waals surface area (Å²) in [6.45, 7) is 4.45. The molecule has 144 valence electrons. The molecule has 0 aliphatic heterocycles. The van der Waals surface area contributed by atoms with Crippen LogP contribution in [0.2, 0.25) is 0 Å². The van der Waals surface area contributed by atoms with Gasteiger partial charge in [0.2, 0.25) is 0 Å². The van der Waals surface area contributed by atoms with Crippen molar-refractivity contribution in [3.05, 3.63) is 65.0 Å². The summed E-state index contributed by atoms with van der Waals surface area (Å²) < 4.78 is 0. The van der Waals surface area contributed by atoms with Gasteiger partial charge in [0, 0.05) is 57.6 Å². The number of aromatic nitrogens is 1. The Morgan fingerprint density at radius 1 is 1.11 bits per heavy atom. The summed E-state index contributed by atoms with van der Waals surface area (Å²) >= 11 is 0. The highest BCUT2D eigenvalue weighted by Crippen LogP contribution is 2.10. The Bertz CT molecular complexity index is 787. The highest BCUT2D eigenvalue weighted by molar-refractivity contribution is 5.93. The lowest BCUT2D eigenvalue weighted by Crippen LogP contribution is -2.43. The number of aryl methyl sites for hydroxylation is 1. The average Bonchev–Trinajstić information content (AvgIpc) is 2.67. The molecule has 0 radical (unpaired) electrons. The molecular formula is C21H28N4O2. The molecule has 1 heterocycles. The van der Waals surface area contributed by atoms with Gasteiger partial charge < -0.3 is 15.1 Å².